The Labute approximate surface area is 97.5 Å². The van der Waals surface area contributed by atoms with Crippen molar-refractivity contribution < 1.29 is 24.0 Å². The van der Waals surface area contributed by atoms with Crippen LogP contribution in [0.5, 0.6) is 0 Å². The molecular formula is C10H13NO6. The molecule has 0 bridgehead atoms. The van der Waals surface area contributed by atoms with Crippen molar-refractivity contribution in [3.05, 3.63) is 22.8 Å². The lowest BCUT2D eigenvalue weighted by atomic mass is 10.1. The molecule has 0 heterocycles. The molecule has 7 heteroatoms. The Morgan fingerprint density at radius 3 is 2.35 bits per heavy atom. The number of esters is 2. The number of nitro groups is 1. The predicted molar refractivity (Wildman–Crippen MR) is 55.5 cm³/mol. The van der Waals surface area contributed by atoms with E-state index >= 15 is 0 Å². The van der Waals surface area contributed by atoms with E-state index < -0.39 is 40.7 Å². The standard InChI is InChI=1S/C10H13NO6/c1-4-5-6(7(5)9(12)16-2)8(11(14)15)10(13)17-3/h4-8H,1H2,2-3H3/t5-,6+,7+,8+/m1/s1. The Morgan fingerprint density at radius 2 is 2.00 bits per heavy atom. The van der Waals surface area contributed by atoms with Crippen LogP contribution in [-0.4, -0.2) is 37.1 Å². The number of rotatable bonds is 5. The van der Waals surface area contributed by atoms with Gasteiger partial charge in [-0.2, -0.15) is 0 Å². The van der Waals surface area contributed by atoms with Crippen molar-refractivity contribution in [1.29, 1.82) is 0 Å². The van der Waals surface area contributed by atoms with E-state index in [1.807, 2.05) is 0 Å². The normalized spacial score (nSPS) is 27.8. The van der Waals surface area contributed by atoms with Crippen LogP contribution in [0.1, 0.15) is 0 Å². The molecule has 0 spiro atoms. The maximum atomic E-state index is 11.3. The molecule has 0 aromatic carbocycles. The number of ether oxygens (including phenoxy) is 2. The number of methoxy groups -OCH3 is 2. The molecule has 4 atom stereocenters. The Balaban J connectivity index is 2.90. The second-order valence-electron chi connectivity index (χ2n) is 3.69. The van der Waals surface area contributed by atoms with Gasteiger partial charge in [-0.3, -0.25) is 14.9 Å². The van der Waals surface area contributed by atoms with Crippen LogP contribution in [0.15, 0.2) is 12.7 Å². The number of nitrogens with zero attached hydrogens (tertiary/aromatic N) is 1. The highest BCUT2D eigenvalue weighted by Gasteiger charge is 2.64. The number of hydrogen-bond acceptors (Lipinski definition) is 6. The third kappa shape index (κ3) is 2.27. The van der Waals surface area contributed by atoms with Crippen LogP contribution in [-0.2, 0) is 19.1 Å². The Bertz CT molecular complexity index is 366. The first-order chi connectivity index (χ1) is 7.99. The first-order valence-electron chi connectivity index (χ1n) is 4.91. The van der Waals surface area contributed by atoms with Crippen LogP contribution in [0.3, 0.4) is 0 Å². The highest BCUT2D eigenvalue weighted by atomic mass is 16.6. The van der Waals surface area contributed by atoms with Crippen molar-refractivity contribution in [1.82, 2.24) is 0 Å². The monoisotopic (exact) mass is 243 g/mol. The number of hydrogen-bond donors (Lipinski definition) is 0. The van der Waals surface area contributed by atoms with E-state index in [4.69, 9.17) is 0 Å². The van der Waals surface area contributed by atoms with Crippen LogP contribution in [0.2, 0.25) is 0 Å². The molecule has 0 unspecified atom stereocenters. The van der Waals surface area contributed by atoms with E-state index in [0.717, 1.165) is 7.11 Å². The third-order valence-corrected chi connectivity index (χ3v) is 2.91. The van der Waals surface area contributed by atoms with Gasteiger partial charge in [-0.05, 0) is 0 Å². The summed E-state index contributed by atoms with van der Waals surface area (Å²) in [5, 5.41) is 10.8. The minimum atomic E-state index is -1.55. The van der Waals surface area contributed by atoms with Gasteiger partial charge in [0.25, 0.3) is 0 Å². The fourth-order valence-electron chi connectivity index (χ4n) is 2.02. The van der Waals surface area contributed by atoms with E-state index in [1.54, 1.807) is 0 Å². The molecule has 7 nitrogen and oxygen atoms in total. The summed E-state index contributed by atoms with van der Waals surface area (Å²) in [7, 11) is 2.26. The summed E-state index contributed by atoms with van der Waals surface area (Å²) in [5.74, 6) is -3.37. The Hall–Kier alpha value is -1.92. The number of carbonyl (C=O) groups excluding carboxylic acids is 2. The summed E-state index contributed by atoms with van der Waals surface area (Å²) < 4.78 is 8.88. The van der Waals surface area contributed by atoms with Gasteiger partial charge in [0.2, 0.25) is 0 Å². The molecule has 1 saturated carbocycles. The first-order valence-corrected chi connectivity index (χ1v) is 4.91. The SMILES string of the molecule is C=C[C@H]1[C@H](C(=O)OC)[C@H]1[C@@H](C(=O)OC)[N+](=O)[O-]. The summed E-state index contributed by atoms with van der Waals surface area (Å²) in [6.45, 7) is 3.48. The van der Waals surface area contributed by atoms with Crippen molar-refractivity contribution in [3.8, 4) is 0 Å². The van der Waals surface area contributed by atoms with Crippen LogP contribution in [0.25, 0.3) is 0 Å². The van der Waals surface area contributed by atoms with Gasteiger partial charge < -0.3 is 9.47 Å². The fraction of sp³-hybridized carbons (Fsp3) is 0.600. The zero-order chi connectivity index (χ0) is 13.2. The van der Waals surface area contributed by atoms with E-state index in [2.05, 4.69) is 16.1 Å². The number of allylic oxidation sites excluding steroid dienone is 1. The van der Waals surface area contributed by atoms with Gasteiger partial charge in [-0.25, -0.2) is 4.79 Å². The average molecular weight is 243 g/mol. The average Bonchev–Trinajstić information content (AvgIpc) is 3.01. The van der Waals surface area contributed by atoms with Crippen LogP contribution < -0.4 is 0 Å². The summed E-state index contributed by atoms with van der Waals surface area (Å²) in [4.78, 5) is 32.7. The summed E-state index contributed by atoms with van der Waals surface area (Å²) in [5.41, 5.74) is 0. The number of carbonyl (C=O) groups is 2. The van der Waals surface area contributed by atoms with Crippen molar-refractivity contribution in [2.75, 3.05) is 14.2 Å². The molecule has 94 valence electrons. The van der Waals surface area contributed by atoms with E-state index in [1.165, 1.54) is 13.2 Å². The second kappa shape index (κ2) is 4.94. The topological polar surface area (TPSA) is 95.7 Å². The highest BCUT2D eigenvalue weighted by Crippen LogP contribution is 2.51. The molecule has 0 radical (unpaired) electrons. The quantitative estimate of drug-likeness (QED) is 0.292. The molecule has 0 aliphatic heterocycles. The maximum Gasteiger partial charge on any atom is 0.381 e. The largest absolute Gasteiger partial charge is 0.469 e. The summed E-state index contributed by atoms with van der Waals surface area (Å²) >= 11 is 0. The Morgan fingerprint density at radius 1 is 1.41 bits per heavy atom. The van der Waals surface area contributed by atoms with E-state index in [9.17, 15) is 19.7 Å². The summed E-state index contributed by atoms with van der Waals surface area (Å²) in [6, 6.07) is -1.55. The van der Waals surface area contributed by atoms with Crippen molar-refractivity contribution >= 4 is 11.9 Å². The van der Waals surface area contributed by atoms with Crippen molar-refractivity contribution in [2.24, 2.45) is 17.8 Å². The van der Waals surface area contributed by atoms with E-state index in [0.29, 0.717) is 0 Å². The van der Waals surface area contributed by atoms with E-state index in [-0.39, 0.29) is 0 Å². The molecule has 17 heavy (non-hydrogen) atoms. The minimum Gasteiger partial charge on any atom is -0.469 e. The molecule has 0 aromatic heterocycles. The lowest BCUT2D eigenvalue weighted by Gasteiger charge is -2.06. The zero-order valence-corrected chi connectivity index (χ0v) is 9.49. The molecule has 1 aliphatic rings. The molecule has 1 aliphatic carbocycles. The zero-order valence-electron chi connectivity index (χ0n) is 9.49. The lowest BCUT2D eigenvalue weighted by molar-refractivity contribution is -0.515. The maximum absolute atomic E-state index is 11.3. The van der Waals surface area contributed by atoms with Crippen LogP contribution >= 0.6 is 0 Å². The third-order valence-electron chi connectivity index (χ3n) is 2.91. The Kier molecular flexibility index (Phi) is 3.82. The van der Waals surface area contributed by atoms with Crippen LogP contribution in [0.4, 0.5) is 0 Å². The van der Waals surface area contributed by atoms with Gasteiger partial charge in [0.05, 0.1) is 26.1 Å². The van der Waals surface area contributed by atoms with Gasteiger partial charge in [-0.15, -0.1) is 6.58 Å². The molecule has 1 rings (SSSR count). The smallest absolute Gasteiger partial charge is 0.381 e. The molecular weight excluding hydrogens is 230 g/mol. The van der Waals surface area contributed by atoms with Crippen LogP contribution in [0, 0.1) is 27.9 Å². The molecule has 0 aromatic rings. The van der Waals surface area contributed by atoms with Gasteiger partial charge in [0, 0.05) is 10.8 Å². The van der Waals surface area contributed by atoms with Gasteiger partial charge in [0.1, 0.15) is 0 Å². The van der Waals surface area contributed by atoms with Crippen molar-refractivity contribution in [3.63, 3.8) is 0 Å². The van der Waals surface area contributed by atoms with Gasteiger partial charge in [0.15, 0.2) is 0 Å². The molecule has 0 saturated heterocycles. The first kappa shape index (κ1) is 13.1. The molecule has 1 fully saturated rings. The summed E-state index contributed by atoms with van der Waals surface area (Å²) in [6.07, 6.45) is 1.42. The minimum absolute atomic E-state index is 0.419. The van der Waals surface area contributed by atoms with Crippen molar-refractivity contribution in [2.45, 2.75) is 6.04 Å². The van der Waals surface area contributed by atoms with Gasteiger partial charge >= 0.3 is 18.0 Å². The second-order valence-corrected chi connectivity index (χ2v) is 3.69. The molecule has 0 amide bonds. The predicted octanol–water partition coefficient (Wildman–Crippen LogP) is 0.0259. The molecule has 0 N–H and O–H groups in total. The fourth-order valence-corrected chi connectivity index (χ4v) is 2.02. The highest BCUT2D eigenvalue weighted by molar-refractivity contribution is 5.82. The lowest BCUT2D eigenvalue weighted by Crippen LogP contribution is -2.34. The van der Waals surface area contributed by atoms with Gasteiger partial charge in [-0.1, -0.05) is 6.08 Å².